The Bertz CT molecular complexity index is 130. The molecule has 3 nitrogen and oxygen atoms in total. The van der Waals surface area contributed by atoms with Crippen molar-refractivity contribution in [3.8, 4) is 0 Å². The standard InChI is InChI=1S/C8H16BrNO2/c1-3-7(9)8(11)10-5-4-6-12-2/h7H,3-6H2,1-2H3,(H,10,11)/t7-/m1/s1. The number of ether oxygens (including phenoxy) is 1. The van der Waals surface area contributed by atoms with Gasteiger partial charge in [0.2, 0.25) is 5.91 Å². The first-order chi connectivity index (χ1) is 5.72. The van der Waals surface area contributed by atoms with Crippen LogP contribution in [-0.2, 0) is 9.53 Å². The van der Waals surface area contributed by atoms with Crippen LogP contribution >= 0.6 is 15.9 Å². The first-order valence-corrected chi connectivity index (χ1v) is 5.04. The molecule has 0 spiro atoms. The first kappa shape index (κ1) is 11.9. The highest BCUT2D eigenvalue weighted by atomic mass is 79.9. The molecule has 0 aromatic carbocycles. The summed E-state index contributed by atoms with van der Waals surface area (Å²) in [6, 6.07) is 0. The number of rotatable bonds is 6. The van der Waals surface area contributed by atoms with Crippen LogP contribution < -0.4 is 5.32 Å². The highest BCUT2D eigenvalue weighted by Gasteiger charge is 2.10. The summed E-state index contributed by atoms with van der Waals surface area (Å²) in [7, 11) is 1.65. The van der Waals surface area contributed by atoms with Crippen LogP contribution in [0.25, 0.3) is 0 Å². The minimum atomic E-state index is -0.0555. The molecule has 0 aliphatic carbocycles. The molecule has 4 heteroatoms. The van der Waals surface area contributed by atoms with Gasteiger partial charge in [-0.05, 0) is 12.8 Å². The van der Waals surface area contributed by atoms with Gasteiger partial charge in [0.25, 0.3) is 0 Å². The number of hydrogen-bond acceptors (Lipinski definition) is 2. The van der Waals surface area contributed by atoms with Crippen LogP contribution in [0.3, 0.4) is 0 Å². The maximum absolute atomic E-state index is 11.1. The van der Waals surface area contributed by atoms with E-state index in [1.807, 2.05) is 6.92 Å². The molecule has 0 aromatic heterocycles. The van der Waals surface area contributed by atoms with Crippen molar-refractivity contribution in [2.24, 2.45) is 0 Å². The second-order valence-corrected chi connectivity index (χ2v) is 3.62. The van der Waals surface area contributed by atoms with Crippen molar-refractivity contribution < 1.29 is 9.53 Å². The molecule has 0 heterocycles. The van der Waals surface area contributed by atoms with Crippen molar-refractivity contribution in [2.45, 2.75) is 24.6 Å². The van der Waals surface area contributed by atoms with Crippen LogP contribution in [-0.4, -0.2) is 31.0 Å². The normalized spacial score (nSPS) is 12.6. The Morgan fingerprint density at radius 3 is 2.83 bits per heavy atom. The minimum Gasteiger partial charge on any atom is -0.385 e. The van der Waals surface area contributed by atoms with Crippen molar-refractivity contribution in [3.63, 3.8) is 0 Å². The number of halogens is 1. The predicted octanol–water partition coefficient (Wildman–Crippen LogP) is 1.31. The van der Waals surface area contributed by atoms with E-state index in [1.54, 1.807) is 7.11 Å². The van der Waals surface area contributed by atoms with Gasteiger partial charge in [-0.2, -0.15) is 0 Å². The van der Waals surface area contributed by atoms with E-state index in [-0.39, 0.29) is 10.7 Å². The van der Waals surface area contributed by atoms with Crippen LogP contribution in [0.15, 0.2) is 0 Å². The van der Waals surface area contributed by atoms with E-state index in [1.165, 1.54) is 0 Å². The molecule has 0 fully saturated rings. The minimum absolute atomic E-state index is 0.0555. The predicted molar refractivity (Wildman–Crippen MR) is 52.5 cm³/mol. The number of hydrogen-bond donors (Lipinski definition) is 1. The number of methoxy groups -OCH3 is 1. The highest BCUT2D eigenvalue weighted by Crippen LogP contribution is 2.03. The maximum Gasteiger partial charge on any atom is 0.233 e. The van der Waals surface area contributed by atoms with Gasteiger partial charge >= 0.3 is 0 Å². The number of amides is 1. The molecule has 1 amide bonds. The zero-order valence-electron chi connectivity index (χ0n) is 7.60. The van der Waals surface area contributed by atoms with Crippen LogP contribution in [0.2, 0.25) is 0 Å². The Morgan fingerprint density at radius 1 is 1.67 bits per heavy atom. The fourth-order valence-electron chi connectivity index (χ4n) is 0.724. The van der Waals surface area contributed by atoms with E-state index in [0.717, 1.165) is 12.8 Å². The third kappa shape index (κ3) is 5.55. The molecule has 72 valence electrons. The van der Waals surface area contributed by atoms with Gasteiger partial charge in [0.15, 0.2) is 0 Å². The third-order valence-corrected chi connectivity index (χ3v) is 2.53. The maximum atomic E-state index is 11.1. The molecular formula is C8H16BrNO2. The van der Waals surface area contributed by atoms with Crippen LogP contribution in [0.1, 0.15) is 19.8 Å². The summed E-state index contributed by atoms with van der Waals surface area (Å²) >= 11 is 3.27. The number of alkyl halides is 1. The summed E-state index contributed by atoms with van der Waals surface area (Å²) in [6.07, 6.45) is 1.68. The average molecular weight is 238 g/mol. The van der Waals surface area contributed by atoms with E-state index in [2.05, 4.69) is 21.2 Å². The summed E-state index contributed by atoms with van der Waals surface area (Å²) < 4.78 is 4.85. The molecule has 12 heavy (non-hydrogen) atoms. The Morgan fingerprint density at radius 2 is 2.33 bits per heavy atom. The average Bonchev–Trinajstić information content (AvgIpc) is 2.10. The third-order valence-electron chi connectivity index (χ3n) is 1.47. The molecule has 0 aliphatic rings. The van der Waals surface area contributed by atoms with E-state index >= 15 is 0 Å². The molecule has 0 bridgehead atoms. The SMILES string of the molecule is CC[C@@H](Br)C(=O)NCCCOC. The fourth-order valence-corrected chi connectivity index (χ4v) is 0.886. The lowest BCUT2D eigenvalue weighted by Gasteiger charge is -2.07. The molecule has 0 saturated heterocycles. The van der Waals surface area contributed by atoms with Gasteiger partial charge in [-0.25, -0.2) is 0 Å². The van der Waals surface area contributed by atoms with Gasteiger partial charge < -0.3 is 10.1 Å². The van der Waals surface area contributed by atoms with Gasteiger partial charge in [0.1, 0.15) is 0 Å². The number of nitrogens with one attached hydrogen (secondary N) is 1. The van der Waals surface area contributed by atoms with Crippen LogP contribution in [0, 0.1) is 0 Å². The van der Waals surface area contributed by atoms with Crippen molar-refractivity contribution in [1.82, 2.24) is 5.32 Å². The lowest BCUT2D eigenvalue weighted by molar-refractivity contribution is -0.120. The molecule has 1 atom stereocenters. The Kier molecular flexibility index (Phi) is 7.50. The van der Waals surface area contributed by atoms with E-state index in [0.29, 0.717) is 13.2 Å². The van der Waals surface area contributed by atoms with Crippen LogP contribution in [0.4, 0.5) is 0 Å². The smallest absolute Gasteiger partial charge is 0.233 e. The number of carbonyl (C=O) groups is 1. The topological polar surface area (TPSA) is 38.3 Å². The number of carbonyl (C=O) groups excluding carboxylic acids is 1. The summed E-state index contributed by atoms with van der Waals surface area (Å²) in [5, 5.41) is 2.80. The molecule has 0 aliphatic heterocycles. The van der Waals surface area contributed by atoms with Gasteiger partial charge in [-0.1, -0.05) is 22.9 Å². The fraction of sp³-hybridized carbons (Fsp3) is 0.875. The van der Waals surface area contributed by atoms with Gasteiger partial charge in [0, 0.05) is 20.3 Å². The lowest BCUT2D eigenvalue weighted by atomic mass is 10.3. The van der Waals surface area contributed by atoms with Gasteiger partial charge in [-0.15, -0.1) is 0 Å². The van der Waals surface area contributed by atoms with E-state index < -0.39 is 0 Å². The van der Waals surface area contributed by atoms with Gasteiger partial charge in [0.05, 0.1) is 4.83 Å². The second-order valence-electron chi connectivity index (χ2n) is 2.51. The van der Waals surface area contributed by atoms with E-state index in [4.69, 9.17) is 4.74 Å². The summed E-state index contributed by atoms with van der Waals surface area (Å²) in [6.45, 7) is 3.35. The molecule has 0 radical (unpaired) electrons. The Balaban J connectivity index is 3.31. The first-order valence-electron chi connectivity index (χ1n) is 4.13. The molecular weight excluding hydrogens is 222 g/mol. The van der Waals surface area contributed by atoms with Crippen molar-refractivity contribution in [3.05, 3.63) is 0 Å². The van der Waals surface area contributed by atoms with Crippen LogP contribution in [0.5, 0.6) is 0 Å². The van der Waals surface area contributed by atoms with Crippen molar-refractivity contribution in [1.29, 1.82) is 0 Å². The second kappa shape index (κ2) is 7.55. The Labute approximate surface area is 82.0 Å². The summed E-state index contributed by atoms with van der Waals surface area (Å²) in [4.78, 5) is 11.1. The van der Waals surface area contributed by atoms with E-state index in [9.17, 15) is 4.79 Å². The molecule has 0 unspecified atom stereocenters. The monoisotopic (exact) mass is 237 g/mol. The highest BCUT2D eigenvalue weighted by molar-refractivity contribution is 9.10. The lowest BCUT2D eigenvalue weighted by Crippen LogP contribution is -2.31. The molecule has 0 saturated carbocycles. The molecule has 0 aromatic rings. The molecule has 0 rings (SSSR count). The molecule has 1 N–H and O–H groups in total. The van der Waals surface area contributed by atoms with Gasteiger partial charge in [-0.3, -0.25) is 4.79 Å². The largest absolute Gasteiger partial charge is 0.385 e. The quantitative estimate of drug-likeness (QED) is 0.559. The summed E-state index contributed by atoms with van der Waals surface area (Å²) in [5.41, 5.74) is 0. The zero-order chi connectivity index (χ0) is 9.40. The van der Waals surface area contributed by atoms with Crippen molar-refractivity contribution >= 4 is 21.8 Å². The summed E-state index contributed by atoms with van der Waals surface area (Å²) in [5.74, 6) is 0.0635. The Hall–Kier alpha value is -0.0900. The zero-order valence-corrected chi connectivity index (χ0v) is 9.19. The van der Waals surface area contributed by atoms with Crippen molar-refractivity contribution in [2.75, 3.05) is 20.3 Å².